The van der Waals surface area contributed by atoms with E-state index in [1.54, 1.807) is 11.9 Å². The molecule has 0 amide bonds. The summed E-state index contributed by atoms with van der Waals surface area (Å²) in [4.78, 5) is 1.61. The van der Waals surface area contributed by atoms with Crippen molar-refractivity contribution < 1.29 is 13.2 Å². The van der Waals surface area contributed by atoms with Gasteiger partial charge in [-0.2, -0.15) is 13.2 Å². The molecule has 0 saturated carbocycles. The number of hydrogen-bond donors (Lipinski definition) is 1. The molecule has 0 aliphatic heterocycles. The van der Waals surface area contributed by atoms with E-state index in [1.807, 2.05) is 18.2 Å². The average molecular weight is 367 g/mol. The first-order valence-electron chi connectivity index (χ1n) is 6.96. The van der Waals surface area contributed by atoms with Gasteiger partial charge in [0.15, 0.2) is 0 Å². The molecule has 0 radical (unpaired) electrons. The molecule has 6 heteroatoms. The van der Waals surface area contributed by atoms with E-state index in [9.17, 15) is 13.2 Å². The van der Waals surface area contributed by atoms with Crippen LogP contribution in [0.15, 0.2) is 22.7 Å². The fraction of sp³-hybridized carbons (Fsp3) is 0.600. The quantitative estimate of drug-likeness (QED) is 0.759. The van der Waals surface area contributed by atoms with Gasteiger partial charge in [0.2, 0.25) is 0 Å². The van der Waals surface area contributed by atoms with Crippen molar-refractivity contribution in [3.63, 3.8) is 0 Å². The van der Waals surface area contributed by atoms with E-state index in [2.05, 4.69) is 35.1 Å². The van der Waals surface area contributed by atoms with Crippen molar-refractivity contribution >= 4 is 21.6 Å². The number of benzene rings is 1. The van der Waals surface area contributed by atoms with E-state index in [4.69, 9.17) is 0 Å². The van der Waals surface area contributed by atoms with Gasteiger partial charge in [0, 0.05) is 30.3 Å². The van der Waals surface area contributed by atoms with Crippen molar-refractivity contribution in [1.29, 1.82) is 0 Å². The Morgan fingerprint density at radius 1 is 1.29 bits per heavy atom. The Bertz CT molecular complexity index is 447. The van der Waals surface area contributed by atoms with Crippen LogP contribution in [0, 0.1) is 5.92 Å². The summed E-state index contributed by atoms with van der Waals surface area (Å²) in [5.41, 5.74) is 1.88. The highest BCUT2D eigenvalue weighted by Crippen LogP contribution is 2.26. The van der Waals surface area contributed by atoms with Gasteiger partial charge in [-0.25, -0.2) is 0 Å². The van der Waals surface area contributed by atoms with Crippen LogP contribution in [-0.2, 0) is 6.54 Å². The maximum Gasteiger partial charge on any atom is 0.390 e. The molecule has 0 spiro atoms. The summed E-state index contributed by atoms with van der Waals surface area (Å²) < 4.78 is 37.6. The van der Waals surface area contributed by atoms with Crippen LogP contribution in [0.25, 0.3) is 0 Å². The van der Waals surface area contributed by atoms with Gasteiger partial charge in [-0.05, 0) is 30.2 Å². The monoisotopic (exact) mass is 366 g/mol. The van der Waals surface area contributed by atoms with Gasteiger partial charge in [0.1, 0.15) is 0 Å². The van der Waals surface area contributed by atoms with Crippen molar-refractivity contribution in [3.05, 3.63) is 28.2 Å². The number of halogens is 4. The molecule has 2 nitrogen and oxygen atoms in total. The van der Waals surface area contributed by atoms with Crippen LogP contribution < -0.4 is 10.2 Å². The highest BCUT2D eigenvalue weighted by atomic mass is 79.9. The minimum Gasteiger partial charge on any atom is -0.374 e. The zero-order chi connectivity index (χ0) is 16.0. The van der Waals surface area contributed by atoms with E-state index < -0.39 is 12.6 Å². The molecule has 21 heavy (non-hydrogen) atoms. The molecular formula is C15H22BrF3N2. The first kappa shape index (κ1) is 18.3. The Labute approximate surface area is 132 Å². The Morgan fingerprint density at radius 3 is 2.48 bits per heavy atom. The Kier molecular flexibility index (Phi) is 7.00. The normalized spacial score (nSPS) is 12.0. The van der Waals surface area contributed by atoms with Gasteiger partial charge in [-0.15, -0.1) is 0 Å². The zero-order valence-corrected chi connectivity index (χ0v) is 14.2. The lowest BCUT2D eigenvalue weighted by atomic mass is 10.1. The standard InChI is InChI=1S/C15H22BrF3N2/c1-11(2)9-20-10-12-4-5-13(8-14(12)16)21(3)7-6-15(17,18)19/h4-5,8,11,20H,6-7,9-10H2,1-3H3. The first-order chi connectivity index (χ1) is 9.69. The molecule has 120 valence electrons. The summed E-state index contributed by atoms with van der Waals surface area (Å²) in [6, 6.07) is 5.66. The van der Waals surface area contributed by atoms with E-state index in [1.165, 1.54) is 0 Å². The molecule has 1 aromatic carbocycles. The number of anilines is 1. The largest absolute Gasteiger partial charge is 0.390 e. The molecule has 0 aliphatic rings. The summed E-state index contributed by atoms with van der Waals surface area (Å²) in [6.45, 7) is 5.91. The van der Waals surface area contributed by atoms with Gasteiger partial charge in [0.25, 0.3) is 0 Å². The van der Waals surface area contributed by atoms with Crippen LogP contribution in [-0.4, -0.2) is 26.3 Å². The van der Waals surface area contributed by atoms with Gasteiger partial charge in [-0.1, -0.05) is 35.8 Å². The molecule has 0 bridgehead atoms. The molecule has 0 atom stereocenters. The summed E-state index contributed by atoms with van der Waals surface area (Å²) >= 11 is 3.48. The molecule has 0 aromatic heterocycles. The van der Waals surface area contributed by atoms with E-state index in [-0.39, 0.29) is 6.54 Å². The van der Waals surface area contributed by atoms with E-state index >= 15 is 0 Å². The number of rotatable bonds is 7. The predicted octanol–water partition coefficient (Wildman–Crippen LogP) is 4.58. The minimum atomic E-state index is -4.12. The smallest absolute Gasteiger partial charge is 0.374 e. The fourth-order valence-corrected chi connectivity index (χ4v) is 2.34. The van der Waals surface area contributed by atoms with Gasteiger partial charge >= 0.3 is 6.18 Å². The second kappa shape index (κ2) is 8.03. The molecule has 0 aliphatic carbocycles. The maximum atomic E-state index is 12.2. The molecule has 0 fully saturated rings. The summed E-state index contributed by atoms with van der Waals surface area (Å²) in [5, 5.41) is 3.34. The second-order valence-electron chi connectivity index (χ2n) is 5.59. The molecule has 1 N–H and O–H groups in total. The molecular weight excluding hydrogens is 345 g/mol. The molecule has 1 rings (SSSR count). The second-order valence-corrected chi connectivity index (χ2v) is 6.44. The summed E-state index contributed by atoms with van der Waals surface area (Å²) in [7, 11) is 1.67. The molecule has 0 unspecified atom stereocenters. The van der Waals surface area contributed by atoms with Crippen LogP contribution in [0.2, 0.25) is 0 Å². The lowest BCUT2D eigenvalue weighted by Gasteiger charge is -2.21. The molecule has 0 saturated heterocycles. The van der Waals surface area contributed by atoms with Gasteiger partial charge in [0.05, 0.1) is 6.42 Å². The first-order valence-corrected chi connectivity index (χ1v) is 7.75. The van der Waals surface area contributed by atoms with Crippen molar-refractivity contribution in [3.8, 4) is 0 Å². The van der Waals surface area contributed by atoms with Crippen molar-refractivity contribution in [2.45, 2.75) is 33.0 Å². The number of nitrogens with one attached hydrogen (secondary N) is 1. The molecule has 0 heterocycles. The zero-order valence-electron chi connectivity index (χ0n) is 12.6. The van der Waals surface area contributed by atoms with Crippen LogP contribution in [0.4, 0.5) is 18.9 Å². The summed E-state index contributed by atoms with van der Waals surface area (Å²) in [5.74, 6) is 0.580. The van der Waals surface area contributed by atoms with Gasteiger partial charge < -0.3 is 10.2 Å². The van der Waals surface area contributed by atoms with Crippen molar-refractivity contribution in [2.75, 3.05) is 25.0 Å². The fourth-order valence-electron chi connectivity index (χ4n) is 1.84. The predicted molar refractivity (Wildman–Crippen MR) is 84.6 cm³/mol. The van der Waals surface area contributed by atoms with Crippen LogP contribution >= 0.6 is 15.9 Å². The highest BCUT2D eigenvalue weighted by molar-refractivity contribution is 9.10. The number of hydrogen-bond acceptors (Lipinski definition) is 2. The Morgan fingerprint density at radius 2 is 1.95 bits per heavy atom. The third-order valence-electron chi connectivity index (χ3n) is 3.08. The SMILES string of the molecule is CC(C)CNCc1ccc(N(C)CCC(F)(F)F)cc1Br. The Hall–Kier alpha value is -0.750. The maximum absolute atomic E-state index is 12.2. The number of alkyl halides is 3. The average Bonchev–Trinajstić information content (AvgIpc) is 2.36. The highest BCUT2D eigenvalue weighted by Gasteiger charge is 2.27. The van der Waals surface area contributed by atoms with Crippen LogP contribution in [0.1, 0.15) is 25.8 Å². The lowest BCUT2D eigenvalue weighted by Crippen LogP contribution is -2.24. The van der Waals surface area contributed by atoms with E-state index in [0.717, 1.165) is 28.8 Å². The molecule has 1 aromatic rings. The minimum absolute atomic E-state index is 0.0408. The van der Waals surface area contributed by atoms with Crippen molar-refractivity contribution in [1.82, 2.24) is 5.32 Å². The van der Waals surface area contributed by atoms with Gasteiger partial charge in [-0.3, -0.25) is 0 Å². The third-order valence-corrected chi connectivity index (χ3v) is 3.81. The summed E-state index contributed by atoms with van der Waals surface area (Å²) in [6.07, 6.45) is -4.93. The van der Waals surface area contributed by atoms with E-state index in [0.29, 0.717) is 5.92 Å². The number of nitrogens with zero attached hydrogens (tertiary/aromatic N) is 1. The van der Waals surface area contributed by atoms with Crippen LogP contribution in [0.3, 0.4) is 0 Å². The third kappa shape index (κ3) is 7.18. The Balaban J connectivity index is 2.60. The van der Waals surface area contributed by atoms with Crippen molar-refractivity contribution in [2.24, 2.45) is 5.92 Å². The lowest BCUT2D eigenvalue weighted by molar-refractivity contribution is -0.132. The van der Waals surface area contributed by atoms with Crippen LogP contribution in [0.5, 0.6) is 0 Å². The topological polar surface area (TPSA) is 15.3 Å².